The van der Waals surface area contributed by atoms with Gasteiger partial charge in [-0.2, -0.15) is 0 Å². The third kappa shape index (κ3) is 4.37. The maximum Gasteiger partial charge on any atom is 0.224 e. The van der Waals surface area contributed by atoms with E-state index in [0.717, 1.165) is 55.3 Å². The molecular weight excluding hydrogens is 346 g/mol. The summed E-state index contributed by atoms with van der Waals surface area (Å²) in [4.78, 5) is 37.2. The molecule has 0 unspecified atom stereocenters. The van der Waals surface area contributed by atoms with Crippen molar-refractivity contribution < 1.29 is 14.3 Å². The van der Waals surface area contributed by atoms with Gasteiger partial charge >= 0.3 is 0 Å². The van der Waals surface area contributed by atoms with Crippen LogP contribution in [0.4, 0.5) is 5.82 Å². The maximum atomic E-state index is 12.2. The SMILES string of the molecule is CNc1nc(C2CCN(C(=O)CCOC)CC2)nc2c1CN(C(C)=O)CC2. The number of rotatable bonds is 5. The molecule has 8 heteroatoms. The number of nitrogens with zero attached hydrogens (tertiary/aromatic N) is 4. The number of hydrogen-bond acceptors (Lipinski definition) is 6. The van der Waals surface area contributed by atoms with Gasteiger partial charge in [0.2, 0.25) is 11.8 Å². The molecule has 1 N–H and O–H groups in total. The minimum Gasteiger partial charge on any atom is -0.384 e. The smallest absolute Gasteiger partial charge is 0.224 e. The number of ether oxygens (including phenoxy) is 1. The molecule has 1 aromatic heterocycles. The van der Waals surface area contributed by atoms with Gasteiger partial charge in [-0.25, -0.2) is 9.97 Å². The van der Waals surface area contributed by atoms with Crippen LogP contribution in [0.3, 0.4) is 0 Å². The molecule has 2 amide bonds. The Labute approximate surface area is 160 Å². The number of nitrogens with one attached hydrogen (secondary N) is 1. The fourth-order valence-electron chi connectivity index (χ4n) is 3.83. The van der Waals surface area contributed by atoms with Gasteiger partial charge in [-0.3, -0.25) is 9.59 Å². The first-order valence-electron chi connectivity index (χ1n) is 9.63. The van der Waals surface area contributed by atoms with Gasteiger partial charge in [0.15, 0.2) is 0 Å². The van der Waals surface area contributed by atoms with E-state index in [1.54, 1.807) is 14.0 Å². The standard InChI is InChI=1S/C19H29N5O3/c1-13(25)24-10-6-16-15(12-24)19(20-2)22-18(21-16)14-4-8-23(9-5-14)17(26)7-11-27-3/h14H,4-12H2,1-3H3,(H,20,21,22). The fraction of sp³-hybridized carbons (Fsp3) is 0.684. The maximum absolute atomic E-state index is 12.2. The molecule has 0 atom stereocenters. The summed E-state index contributed by atoms with van der Waals surface area (Å²) < 4.78 is 5.00. The van der Waals surface area contributed by atoms with Crippen LogP contribution in [0.2, 0.25) is 0 Å². The number of fused-ring (bicyclic) bond motifs is 1. The first-order chi connectivity index (χ1) is 13.0. The molecule has 0 saturated carbocycles. The molecule has 1 saturated heterocycles. The molecular formula is C19H29N5O3. The third-order valence-corrected chi connectivity index (χ3v) is 5.49. The summed E-state index contributed by atoms with van der Waals surface area (Å²) >= 11 is 0. The first-order valence-corrected chi connectivity index (χ1v) is 9.63. The molecule has 3 heterocycles. The molecule has 1 aromatic rings. The second-order valence-corrected chi connectivity index (χ2v) is 7.19. The quantitative estimate of drug-likeness (QED) is 0.831. The summed E-state index contributed by atoms with van der Waals surface area (Å²) in [5.74, 6) is 2.18. The Kier molecular flexibility index (Phi) is 6.26. The lowest BCUT2D eigenvalue weighted by molar-refractivity contribution is -0.133. The zero-order chi connectivity index (χ0) is 19.4. The third-order valence-electron chi connectivity index (χ3n) is 5.49. The minimum absolute atomic E-state index is 0.0808. The number of likely N-dealkylation sites (tertiary alicyclic amines) is 1. The Morgan fingerprint density at radius 3 is 2.56 bits per heavy atom. The van der Waals surface area contributed by atoms with E-state index in [4.69, 9.17) is 14.7 Å². The normalized spacial score (nSPS) is 17.6. The molecule has 148 valence electrons. The summed E-state index contributed by atoms with van der Waals surface area (Å²) in [6.45, 7) is 4.81. The van der Waals surface area contributed by atoms with E-state index in [1.807, 2.05) is 16.8 Å². The average molecular weight is 375 g/mol. The number of aromatic nitrogens is 2. The van der Waals surface area contributed by atoms with E-state index in [2.05, 4.69) is 5.32 Å². The lowest BCUT2D eigenvalue weighted by atomic mass is 9.95. The lowest BCUT2D eigenvalue weighted by Gasteiger charge is -2.33. The largest absolute Gasteiger partial charge is 0.384 e. The summed E-state index contributed by atoms with van der Waals surface area (Å²) in [7, 11) is 3.47. The van der Waals surface area contributed by atoms with E-state index >= 15 is 0 Å². The second kappa shape index (κ2) is 8.65. The van der Waals surface area contributed by atoms with Crippen molar-refractivity contribution >= 4 is 17.6 Å². The van der Waals surface area contributed by atoms with E-state index in [1.165, 1.54) is 0 Å². The van der Waals surface area contributed by atoms with Crippen LogP contribution in [-0.2, 0) is 27.3 Å². The molecule has 0 aliphatic carbocycles. The first kappa shape index (κ1) is 19.5. The van der Waals surface area contributed by atoms with Crippen molar-refractivity contribution in [2.24, 2.45) is 0 Å². The van der Waals surface area contributed by atoms with Crippen molar-refractivity contribution in [3.8, 4) is 0 Å². The monoisotopic (exact) mass is 375 g/mol. The van der Waals surface area contributed by atoms with Gasteiger partial charge in [-0.05, 0) is 12.8 Å². The number of carbonyl (C=O) groups excluding carboxylic acids is 2. The molecule has 1 fully saturated rings. The van der Waals surface area contributed by atoms with Gasteiger partial charge in [-0.15, -0.1) is 0 Å². The number of amides is 2. The van der Waals surface area contributed by atoms with Gasteiger partial charge in [0.05, 0.1) is 25.3 Å². The molecule has 0 bridgehead atoms. The van der Waals surface area contributed by atoms with E-state index < -0.39 is 0 Å². The highest BCUT2D eigenvalue weighted by molar-refractivity contribution is 5.76. The Morgan fingerprint density at radius 1 is 1.19 bits per heavy atom. The van der Waals surface area contributed by atoms with Crippen molar-refractivity contribution in [2.45, 2.75) is 45.1 Å². The summed E-state index contributed by atoms with van der Waals surface area (Å²) in [6, 6.07) is 0. The highest BCUT2D eigenvalue weighted by Crippen LogP contribution is 2.30. The van der Waals surface area contributed by atoms with Crippen LogP contribution < -0.4 is 5.32 Å². The topological polar surface area (TPSA) is 87.7 Å². The number of carbonyl (C=O) groups is 2. The molecule has 0 aromatic carbocycles. The molecule has 3 rings (SSSR count). The van der Waals surface area contributed by atoms with Gasteiger partial charge in [0.25, 0.3) is 0 Å². The van der Waals surface area contributed by atoms with Crippen LogP contribution in [0, 0.1) is 0 Å². The fourth-order valence-corrected chi connectivity index (χ4v) is 3.83. The van der Waals surface area contributed by atoms with Gasteiger partial charge in [0, 0.05) is 58.6 Å². The Morgan fingerprint density at radius 2 is 1.93 bits per heavy atom. The van der Waals surface area contributed by atoms with E-state index in [9.17, 15) is 9.59 Å². The van der Waals surface area contributed by atoms with Crippen molar-refractivity contribution in [3.63, 3.8) is 0 Å². The number of hydrogen-bond donors (Lipinski definition) is 1. The van der Waals surface area contributed by atoms with E-state index in [0.29, 0.717) is 26.1 Å². The highest BCUT2D eigenvalue weighted by atomic mass is 16.5. The zero-order valence-corrected chi connectivity index (χ0v) is 16.5. The Hall–Kier alpha value is -2.22. The molecule has 0 spiro atoms. The summed E-state index contributed by atoms with van der Waals surface area (Å²) in [5.41, 5.74) is 2.07. The van der Waals surface area contributed by atoms with Crippen LogP contribution in [0.15, 0.2) is 0 Å². The number of anilines is 1. The van der Waals surface area contributed by atoms with Gasteiger partial charge in [-0.1, -0.05) is 0 Å². The Bertz CT molecular complexity index is 684. The van der Waals surface area contributed by atoms with Crippen molar-refractivity contribution in [2.75, 3.05) is 45.7 Å². The van der Waals surface area contributed by atoms with Crippen LogP contribution in [-0.4, -0.2) is 72.0 Å². The average Bonchev–Trinajstić information content (AvgIpc) is 2.70. The molecule has 2 aliphatic heterocycles. The molecule has 0 radical (unpaired) electrons. The van der Waals surface area contributed by atoms with Gasteiger partial charge in [0.1, 0.15) is 11.6 Å². The Balaban J connectivity index is 1.70. The minimum atomic E-state index is 0.0808. The predicted octanol–water partition coefficient (Wildman–Crippen LogP) is 1.17. The zero-order valence-electron chi connectivity index (χ0n) is 16.5. The van der Waals surface area contributed by atoms with Crippen molar-refractivity contribution in [3.05, 3.63) is 17.1 Å². The lowest BCUT2D eigenvalue weighted by Crippen LogP contribution is -2.39. The van der Waals surface area contributed by atoms with Crippen molar-refractivity contribution in [1.82, 2.24) is 19.8 Å². The second-order valence-electron chi connectivity index (χ2n) is 7.19. The van der Waals surface area contributed by atoms with E-state index in [-0.39, 0.29) is 17.7 Å². The van der Waals surface area contributed by atoms with Crippen LogP contribution in [0.1, 0.15) is 49.2 Å². The highest BCUT2D eigenvalue weighted by Gasteiger charge is 2.29. The summed E-state index contributed by atoms with van der Waals surface area (Å²) in [5, 5.41) is 3.18. The molecule has 8 nitrogen and oxygen atoms in total. The van der Waals surface area contributed by atoms with Gasteiger partial charge < -0.3 is 19.9 Å². The predicted molar refractivity (Wildman–Crippen MR) is 101 cm³/mol. The van der Waals surface area contributed by atoms with Crippen LogP contribution in [0.25, 0.3) is 0 Å². The molecule has 27 heavy (non-hydrogen) atoms. The summed E-state index contributed by atoms with van der Waals surface area (Å²) in [6.07, 6.45) is 2.95. The molecule has 2 aliphatic rings. The number of methoxy groups -OCH3 is 1. The van der Waals surface area contributed by atoms with Crippen molar-refractivity contribution in [1.29, 1.82) is 0 Å². The van der Waals surface area contributed by atoms with Crippen LogP contribution in [0.5, 0.6) is 0 Å². The van der Waals surface area contributed by atoms with Crippen LogP contribution >= 0.6 is 0 Å². The number of piperidine rings is 1.